The maximum Gasteiger partial charge on any atom is 0.137 e. The van der Waals surface area contributed by atoms with E-state index >= 15 is 0 Å². The Hall–Kier alpha value is -2.08. The second-order valence-electron chi connectivity index (χ2n) is 6.62. The van der Waals surface area contributed by atoms with Gasteiger partial charge in [0.1, 0.15) is 18.0 Å². The summed E-state index contributed by atoms with van der Waals surface area (Å²) in [4.78, 5) is 9.61. The zero-order valence-electron chi connectivity index (χ0n) is 14.7. The molecule has 0 N–H and O–H groups in total. The van der Waals surface area contributed by atoms with Gasteiger partial charge in [-0.3, -0.25) is 9.80 Å². The van der Waals surface area contributed by atoms with Crippen molar-refractivity contribution in [1.29, 1.82) is 0 Å². The Morgan fingerprint density at radius 1 is 1.00 bits per heavy atom. The van der Waals surface area contributed by atoms with Crippen molar-refractivity contribution in [1.82, 2.24) is 19.2 Å². The first-order valence-electron chi connectivity index (χ1n) is 9.02. The fourth-order valence-corrected chi connectivity index (χ4v) is 3.49. The lowest BCUT2D eigenvalue weighted by molar-refractivity contribution is 0.112. The first kappa shape index (κ1) is 17.3. The molecule has 4 rings (SSSR count). The van der Waals surface area contributed by atoms with E-state index in [2.05, 4.69) is 20.4 Å². The van der Waals surface area contributed by atoms with Crippen molar-refractivity contribution in [3.8, 4) is 5.75 Å². The van der Waals surface area contributed by atoms with Crippen molar-refractivity contribution in [2.24, 2.45) is 0 Å². The highest BCUT2D eigenvalue weighted by molar-refractivity contribution is 6.30. The molecule has 26 heavy (non-hydrogen) atoms. The smallest absolute Gasteiger partial charge is 0.137 e. The summed E-state index contributed by atoms with van der Waals surface area (Å²) in [5.41, 5.74) is 2.15. The molecule has 1 saturated heterocycles. The van der Waals surface area contributed by atoms with E-state index in [0.29, 0.717) is 11.6 Å². The molecule has 1 fully saturated rings. The normalized spacial score (nSPS) is 16.2. The lowest BCUT2D eigenvalue weighted by atomic mass is 10.3. The number of benzene rings is 1. The monoisotopic (exact) mass is 370 g/mol. The lowest BCUT2D eigenvalue weighted by Crippen LogP contribution is -2.47. The summed E-state index contributed by atoms with van der Waals surface area (Å²) < 4.78 is 7.88. The number of pyridine rings is 1. The fourth-order valence-electron chi connectivity index (χ4n) is 3.31. The summed E-state index contributed by atoms with van der Waals surface area (Å²) >= 11 is 5.98. The maximum atomic E-state index is 5.98. The molecule has 0 radical (unpaired) electrons. The van der Waals surface area contributed by atoms with Gasteiger partial charge < -0.3 is 9.14 Å². The van der Waals surface area contributed by atoms with Crippen LogP contribution in [0, 0.1) is 0 Å². The molecule has 136 valence electrons. The number of hydrogen-bond acceptors (Lipinski definition) is 4. The predicted molar refractivity (Wildman–Crippen MR) is 104 cm³/mol. The molecule has 1 aliphatic heterocycles. The van der Waals surface area contributed by atoms with Gasteiger partial charge in [0.25, 0.3) is 0 Å². The molecule has 0 bridgehead atoms. The average Bonchev–Trinajstić information content (AvgIpc) is 3.05. The minimum absolute atomic E-state index is 0.687. The van der Waals surface area contributed by atoms with Crippen molar-refractivity contribution in [2.45, 2.75) is 6.54 Å². The molecule has 0 atom stereocenters. The standard InChI is InChI=1S/C20H23ClN4O/c21-17-4-3-5-19(14-17)26-13-12-23-8-10-24(11-9-23)15-18-16-25-7-2-1-6-20(25)22-18/h1-7,14,16H,8-13,15H2. The van der Waals surface area contributed by atoms with E-state index in [9.17, 15) is 0 Å². The molecule has 0 saturated carbocycles. The van der Waals surface area contributed by atoms with Gasteiger partial charge in [-0.2, -0.15) is 0 Å². The number of rotatable bonds is 6. The highest BCUT2D eigenvalue weighted by atomic mass is 35.5. The van der Waals surface area contributed by atoms with E-state index in [1.165, 1.54) is 0 Å². The van der Waals surface area contributed by atoms with E-state index in [1.807, 2.05) is 48.7 Å². The predicted octanol–water partition coefficient (Wildman–Crippen LogP) is 3.18. The Morgan fingerprint density at radius 3 is 2.65 bits per heavy atom. The Balaban J connectivity index is 1.21. The van der Waals surface area contributed by atoms with E-state index < -0.39 is 0 Å². The van der Waals surface area contributed by atoms with Crippen LogP contribution >= 0.6 is 11.6 Å². The number of ether oxygens (including phenoxy) is 1. The summed E-state index contributed by atoms with van der Waals surface area (Å²) in [6, 6.07) is 13.7. The van der Waals surface area contributed by atoms with Crippen LogP contribution in [-0.2, 0) is 6.54 Å². The topological polar surface area (TPSA) is 33.0 Å². The minimum atomic E-state index is 0.687. The molecule has 0 spiro atoms. The zero-order chi connectivity index (χ0) is 17.8. The summed E-state index contributed by atoms with van der Waals surface area (Å²) in [6.45, 7) is 6.78. The van der Waals surface area contributed by atoms with E-state index in [4.69, 9.17) is 21.3 Å². The average molecular weight is 371 g/mol. The Morgan fingerprint density at radius 2 is 1.85 bits per heavy atom. The van der Waals surface area contributed by atoms with Crippen LogP contribution in [0.1, 0.15) is 5.69 Å². The van der Waals surface area contributed by atoms with Gasteiger partial charge in [-0.25, -0.2) is 4.98 Å². The van der Waals surface area contributed by atoms with Gasteiger partial charge in [0.2, 0.25) is 0 Å². The highest BCUT2D eigenvalue weighted by Gasteiger charge is 2.17. The molecule has 1 aromatic carbocycles. The van der Waals surface area contributed by atoms with Gasteiger partial charge in [0.05, 0.1) is 5.69 Å². The van der Waals surface area contributed by atoms with Gasteiger partial charge in [-0.15, -0.1) is 0 Å². The van der Waals surface area contributed by atoms with E-state index in [1.54, 1.807) is 0 Å². The number of piperazine rings is 1. The van der Waals surface area contributed by atoms with Gasteiger partial charge in [0.15, 0.2) is 0 Å². The first-order valence-corrected chi connectivity index (χ1v) is 9.40. The van der Waals surface area contributed by atoms with Crippen LogP contribution in [0.2, 0.25) is 5.02 Å². The Labute approximate surface area is 158 Å². The van der Waals surface area contributed by atoms with Gasteiger partial charge >= 0.3 is 0 Å². The van der Waals surface area contributed by atoms with Gasteiger partial charge in [-0.1, -0.05) is 23.7 Å². The van der Waals surface area contributed by atoms with Crippen LogP contribution < -0.4 is 4.74 Å². The summed E-state index contributed by atoms with van der Waals surface area (Å²) in [7, 11) is 0. The second kappa shape index (κ2) is 8.08. The highest BCUT2D eigenvalue weighted by Crippen LogP contribution is 2.17. The molecule has 3 aromatic rings. The minimum Gasteiger partial charge on any atom is -0.492 e. The molecule has 6 heteroatoms. The number of hydrogen-bond donors (Lipinski definition) is 0. The third kappa shape index (κ3) is 4.36. The van der Waals surface area contributed by atoms with E-state index in [0.717, 1.165) is 56.4 Å². The maximum absolute atomic E-state index is 5.98. The van der Waals surface area contributed by atoms with Crippen LogP contribution in [0.3, 0.4) is 0 Å². The van der Waals surface area contributed by atoms with E-state index in [-0.39, 0.29) is 0 Å². The molecule has 0 amide bonds. The number of aromatic nitrogens is 2. The molecular weight excluding hydrogens is 348 g/mol. The first-order chi connectivity index (χ1) is 12.8. The van der Waals surface area contributed by atoms with Crippen molar-refractivity contribution in [2.75, 3.05) is 39.3 Å². The SMILES string of the molecule is Clc1cccc(OCCN2CCN(Cc3cn4ccccc4n3)CC2)c1. The summed E-state index contributed by atoms with van der Waals surface area (Å²) in [5, 5.41) is 0.711. The Bertz CT molecular complexity index is 825. The molecule has 5 nitrogen and oxygen atoms in total. The number of imidazole rings is 1. The van der Waals surface area contributed by atoms with Crippen LogP contribution in [0.5, 0.6) is 5.75 Å². The molecule has 0 unspecified atom stereocenters. The number of halogens is 1. The largest absolute Gasteiger partial charge is 0.492 e. The van der Waals surface area contributed by atoms with Crippen molar-refractivity contribution in [3.05, 3.63) is 65.6 Å². The summed E-state index contributed by atoms with van der Waals surface area (Å²) in [6.07, 6.45) is 4.17. The van der Waals surface area contributed by atoms with Gasteiger partial charge in [0, 0.05) is 56.7 Å². The number of nitrogens with zero attached hydrogens (tertiary/aromatic N) is 4. The van der Waals surface area contributed by atoms with Crippen molar-refractivity contribution < 1.29 is 4.74 Å². The third-order valence-electron chi connectivity index (χ3n) is 4.74. The van der Waals surface area contributed by atoms with Crippen molar-refractivity contribution in [3.63, 3.8) is 0 Å². The van der Waals surface area contributed by atoms with Crippen LogP contribution in [0.25, 0.3) is 5.65 Å². The van der Waals surface area contributed by atoms with Crippen LogP contribution in [-0.4, -0.2) is 58.5 Å². The molecule has 0 aliphatic carbocycles. The quantitative estimate of drug-likeness (QED) is 0.667. The lowest BCUT2D eigenvalue weighted by Gasteiger charge is -2.34. The second-order valence-corrected chi connectivity index (χ2v) is 7.06. The summed E-state index contributed by atoms with van der Waals surface area (Å²) in [5.74, 6) is 0.836. The third-order valence-corrected chi connectivity index (χ3v) is 4.97. The van der Waals surface area contributed by atoms with Crippen molar-refractivity contribution >= 4 is 17.2 Å². The zero-order valence-corrected chi connectivity index (χ0v) is 15.5. The molecule has 3 heterocycles. The molecule has 1 aliphatic rings. The van der Waals surface area contributed by atoms with Gasteiger partial charge in [-0.05, 0) is 30.3 Å². The van der Waals surface area contributed by atoms with Crippen LogP contribution in [0.4, 0.5) is 0 Å². The molecule has 2 aromatic heterocycles. The molecular formula is C20H23ClN4O. The Kier molecular flexibility index (Phi) is 5.39. The fraction of sp³-hybridized carbons (Fsp3) is 0.350. The van der Waals surface area contributed by atoms with Crippen LogP contribution in [0.15, 0.2) is 54.9 Å². The number of fused-ring (bicyclic) bond motifs is 1.